The van der Waals surface area contributed by atoms with Crippen molar-refractivity contribution in [1.29, 1.82) is 0 Å². The number of ether oxygens (including phenoxy) is 1. The normalized spacial score (nSPS) is 10.5. The monoisotopic (exact) mass is 369 g/mol. The molecule has 1 N–H and O–H groups in total. The van der Waals surface area contributed by atoms with E-state index in [1.54, 1.807) is 0 Å². The number of thioether (sulfide) groups is 1. The van der Waals surface area contributed by atoms with Gasteiger partial charge in [-0.2, -0.15) is 0 Å². The minimum Gasteiger partial charge on any atom is -0.484 e. The summed E-state index contributed by atoms with van der Waals surface area (Å²) < 4.78 is 11.2. The summed E-state index contributed by atoms with van der Waals surface area (Å²) in [6.07, 6.45) is 0. The molecule has 0 spiro atoms. The number of amides is 1. The number of para-hydroxylation sites is 1. The van der Waals surface area contributed by atoms with E-state index in [1.165, 1.54) is 11.8 Å². The Kier molecular flexibility index (Phi) is 5.91. The minimum absolute atomic E-state index is 0.128. The number of hydrogen-bond donors (Lipinski definition) is 1. The quantitative estimate of drug-likeness (QED) is 0.635. The summed E-state index contributed by atoms with van der Waals surface area (Å²) >= 11 is 1.19. The van der Waals surface area contributed by atoms with E-state index in [0.717, 1.165) is 22.6 Å². The zero-order valence-electron chi connectivity index (χ0n) is 14.6. The molecule has 0 saturated carbocycles. The van der Waals surface area contributed by atoms with Gasteiger partial charge in [0.25, 0.3) is 11.1 Å². The summed E-state index contributed by atoms with van der Waals surface area (Å²) in [5.74, 6) is 1.21. The lowest BCUT2D eigenvalue weighted by atomic mass is 10.2. The molecule has 0 saturated heterocycles. The van der Waals surface area contributed by atoms with Crippen LogP contribution in [0.5, 0.6) is 5.75 Å². The molecule has 0 radical (unpaired) electrons. The third-order valence-electron chi connectivity index (χ3n) is 3.52. The molecule has 0 aliphatic carbocycles. The molecule has 0 unspecified atom stereocenters. The zero-order valence-corrected chi connectivity index (χ0v) is 15.4. The largest absolute Gasteiger partial charge is 0.484 e. The molecule has 1 aromatic heterocycles. The maximum absolute atomic E-state index is 12.0. The lowest BCUT2D eigenvalue weighted by Crippen LogP contribution is -2.13. The Morgan fingerprint density at radius 2 is 2.00 bits per heavy atom. The molecule has 1 amide bonds. The zero-order chi connectivity index (χ0) is 18.4. The molecular weight excluding hydrogens is 350 g/mol. The van der Waals surface area contributed by atoms with Crippen LogP contribution in [-0.4, -0.2) is 21.9 Å². The molecule has 0 fully saturated rings. The topological polar surface area (TPSA) is 77.2 Å². The maximum Gasteiger partial charge on any atom is 0.277 e. The van der Waals surface area contributed by atoms with Crippen molar-refractivity contribution in [2.45, 2.75) is 25.7 Å². The standard InChI is InChI=1S/C19H19N3O3S/c1-13-6-5-8-15(10-13)20-17(23)12-26-19-22-21-18(25-19)11-24-16-9-4-3-7-14(16)2/h3-10H,11-12H2,1-2H3,(H,20,23). The Morgan fingerprint density at radius 1 is 1.15 bits per heavy atom. The van der Waals surface area contributed by atoms with Gasteiger partial charge in [-0.05, 0) is 43.2 Å². The van der Waals surface area contributed by atoms with Crippen LogP contribution >= 0.6 is 11.8 Å². The Bertz CT molecular complexity index is 895. The summed E-state index contributed by atoms with van der Waals surface area (Å²) in [4.78, 5) is 12.0. The average molecular weight is 369 g/mol. The number of aromatic nitrogens is 2. The van der Waals surface area contributed by atoms with Crippen LogP contribution in [0.3, 0.4) is 0 Å². The van der Waals surface area contributed by atoms with Crippen LogP contribution in [0.1, 0.15) is 17.0 Å². The first-order chi connectivity index (χ1) is 12.6. The smallest absolute Gasteiger partial charge is 0.277 e. The van der Waals surface area contributed by atoms with Gasteiger partial charge in [-0.15, -0.1) is 10.2 Å². The van der Waals surface area contributed by atoms with Gasteiger partial charge in [-0.25, -0.2) is 0 Å². The highest BCUT2D eigenvalue weighted by atomic mass is 32.2. The van der Waals surface area contributed by atoms with Gasteiger partial charge in [-0.1, -0.05) is 42.1 Å². The van der Waals surface area contributed by atoms with Gasteiger partial charge in [0.15, 0.2) is 6.61 Å². The molecule has 0 bridgehead atoms. The number of anilines is 1. The van der Waals surface area contributed by atoms with Crippen molar-refractivity contribution >= 4 is 23.4 Å². The summed E-state index contributed by atoms with van der Waals surface area (Å²) in [5.41, 5.74) is 2.90. The van der Waals surface area contributed by atoms with Gasteiger partial charge < -0.3 is 14.5 Å². The number of rotatable bonds is 7. The number of carbonyl (C=O) groups excluding carboxylic acids is 1. The van der Waals surface area contributed by atoms with Crippen molar-refractivity contribution in [1.82, 2.24) is 10.2 Å². The van der Waals surface area contributed by atoms with E-state index in [0.29, 0.717) is 11.1 Å². The van der Waals surface area contributed by atoms with Crippen LogP contribution in [0.15, 0.2) is 58.2 Å². The fourth-order valence-corrected chi connectivity index (χ4v) is 2.84. The van der Waals surface area contributed by atoms with Gasteiger partial charge >= 0.3 is 0 Å². The Balaban J connectivity index is 1.47. The number of hydrogen-bond acceptors (Lipinski definition) is 6. The second-order valence-corrected chi connectivity index (χ2v) is 6.65. The van der Waals surface area contributed by atoms with Crippen molar-refractivity contribution < 1.29 is 13.9 Å². The van der Waals surface area contributed by atoms with Gasteiger partial charge in [0, 0.05) is 5.69 Å². The highest BCUT2D eigenvalue weighted by Crippen LogP contribution is 2.20. The second kappa shape index (κ2) is 8.53. The molecule has 6 nitrogen and oxygen atoms in total. The number of nitrogens with one attached hydrogen (secondary N) is 1. The van der Waals surface area contributed by atoms with Gasteiger partial charge in [0.1, 0.15) is 5.75 Å². The molecule has 3 rings (SSSR count). The second-order valence-electron chi connectivity index (χ2n) is 5.72. The van der Waals surface area contributed by atoms with Crippen LogP contribution in [0.2, 0.25) is 0 Å². The van der Waals surface area contributed by atoms with E-state index in [1.807, 2.05) is 62.4 Å². The Labute approximate surface area is 156 Å². The van der Waals surface area contributed by atoms with E-state index in [9.17, 15) is 4.79 Å². The molecule has 0 aliphatic heterocycles. The highest BCUT2D eigenvalue weighted by Gasteiger charge is 2.11. The maximum atomic E-state index is 12.0. The molecule has 0 atom stereocenters. The molecule has 26 heavy (non-hydrogen) atoms. The van der Waals surface area contributed by atoms with E-state index in [4.69, 9.17) is 9.15 Å². The van der Waals surface area contributed by atoms with E-state index >= 15 is 0 Å². The van der Waals surface area contributed by atoms with E-state index in [2.05, 4.69) is 15.5 Å². The predicted octanol–water partition coefficient (Wildman–Crippen LogP) is 4.00. The molecule has 134 valence electrons. The average Bonchev–Trinajstić information content (AvgIpc) is 3.07. The van der Waals surface area contributed by atoms with Crippen LogP contribution in [-0.2, 0) is 11.4 Å². The molecular formula is C19H19N3O3S. The van der Waals surface area contributed by atoms with Crippen LogP contribution in [0.4, 0.5) is 5.69 Å². The third-order valence-corrected chi connectivity index (χ3v) is 4.34. The number of benzene rings is 2. The first-order valence-corrected chi connectivity index (χ1v) is 9.09. The van der Waals surface area contributed by atoms with Gasteiger partial charge in [-0.3, -0.25) is 4.79 Å². The van der Waals surface area contributed by atoms with Crippen molar-refractivity contribution in [3.05, 3.63) is 65.5 Å². The first kappa shape index (κ1) is 18.0. The molecule has 7 heteroatoms. The summed E-state index contributed by atoms with van der Waals surface area (Å²) in [6.45, 7) is 4.13. The fourth-order valence-electron chi connectivity index (χ4n) is 2.26. The van der Waals surface area contributed by atoms with Crippen molar-refractivity contribution in [2.24, 2.45) is 0 Å². The summed E-state index contributed by atoms with van der Waals surface area (Å²) in [5, 5.41) is 11.0. The van der Waals surface area contributed by atoms with Crippen molar-refractivity contribution in [2.75, 3.05) is 11.1 Å². The highest BCUT2D eigenvalue weighted by molar-refractivity contribution is 7.99. The lowest BCUT2D eigenvalue weighted by Gasteiger charge is -2.05. The van der Waals surface area contributed by atoms with Crippen molar-refractivity contribution in [3.63, 3.8) is 0 Å². The van der Waals surface area contributed by atoms with E-state index < -0.39 is 0 Å². The minimum atomic E-state index is -0.128. The van der Waals surface area contributed by atoms with E-state index in [-0.39, 0.29) is 18.3 Å². The van der Waals surface area contributed by atoms with Gasteiger partial charge in [0.2, 0.25) is 5.91 Å². The predicted molar refractivity (Wildman–Crippen MR) is 100 cm³/mol. The van der Waals surface area contributed by atoms with Crippen molar-refractivity contribution in [3.8, 4) is 5.75 Å². The van der Waals surface area contributed by atoms with Gasteiger partial charge in [0.05, 0.1) is 5.75 Å². The fraction of sp³-hybridized carbons (Fsp3) is 0.211. The Morgan fingerprint density at radius 3 is 2.81 bits per heavy atom. The number of nitrogens with zero attached hydrogens (tertiary/aromatic N) is 2. The first-order valence-electron chi connectivity index (χ1n) is 8.10. The summed E-state index contributed by atoms with van der Waals surface area (Å²) in [6, 6.07) is 15.4. The van der Waals surface area contributed by atoms with Crippen LogP contribution in [0.25, 0.3) is 0 Å². The number of carbonyl (C=O) groups is 1. The number of aryl methyl sites for hydroxylation is 2. The molecule has 3 aromatic rings. The SMILES string of the molecule is Cc1cccc(NC(=O)CSc2nnc(COc3ccccc3C)o2)c1. The summed E-state index contributed by atoms with van der Waals surface area (Å²) in [7, 11) is 0. The molecule has 0 aliphatic rings. The molecule has 1 heterocycles. The third kappa shape index (κ3) is 5.10. The van der Waals surface area contributed by atoms with Crippen LogP contribution < -0.4 is 10.1 Å². The Hall–Kier alpha value is -2.80. The lowest BCUT2D eigenvalue weighted by molar-refractivity contribution is -0.113. The van der Waals surface area contributed by atoms with Crippen LogP contribution in [0, 0.1) is 13.8 Å². The molecule has 2 aromatic carbocycles.